The van der Waals surface area contributed by atoms with E-state index in [-0.39, 0.29) is 18.8 Å². The lowest BCUT2D eigenvalue weighted by atomic mass is 9.97. The second-order valence-electron chi connectivity index (χ2n) is 6.16. The van der Waals surface area contributed by atoms with Crippen LogP contribution in [0.3, 0.4) is 0 Å². The fourth-order valence-corrected chi connectivity index (χ4v) is 2.63. The van der Waals surface area contributed by atoms with Gasteiger partial charge < -0.3 is 27.2 Å². The van der Waals surface area contributed by atoms with Crippen LogP contribution in [0.25, 0.3) is 0 Å². The van der Waals surface area contributed by atoms with E-state index in [9.17, 15) is 24.3 Å². The predicted octanol–water partition coefficient (Wildman–Crippen LogP) is -0.567. The van der Waals surface area contributed by atoms with Gasteiger partial charge in [-0.05, 0) is 30.8 Å². The molecule has 0 aliphatic rings. The van der Waals surface area contributed by atoms with Gasteiger partial charge in [-0.1, -0.05) is 20.3 Å². The van der Waals surface area contributed by atoms with Crippen LogP contribution in [0.4, 0.5) is 0 Å². The molecule has 0 bridgehead atoms. The van der Waals surface area contributed by atoms with Gasteiger partial charge in [0.25, 0.3) is 0 Å². The van der Waals surface area contributed by atoms with Crippen molar-refractivity contribution in [2.24, 2.45) is 17.4 Å². The van der Waals surface area contributed by atoms with E-state index in [1.54, 1.807) is 18.7 Å². The minimum absolute atomic E-state index is 0.120. The monoisotopic (exact) mass is 390 g/mol. The summed E-state index contributed by atoms with van der Waals surface area (Å²) in [6.07, 6.45) is 2.68. The topological polar surface area (TPSA) is 165 Å². The predicted molar refractivity (Wildman–Crippen MR) is 100 cm³/mol. The molecule has 0 heterocycles. The first-order valence-corrected chi connectivity index (χ1v) is 9.89. The minimum Gasteiger partial charge on any atom is -0.480 e. The molecule has 0 aromatic rings. The molecule has 7 N–H and O–H groups in total. The molecule has 0 radical (unpaired) electrons. The molecular weight excluding hydrogens is 360 g/mol. The third-order valence-electron chi connectivity index (χ3n) is 4.06. The second-order valence-corrected chi connectivity index (χ2v) is 7.15. The SMILES string of the molecule is CCC(C)C(NC(=O)C(N)CCSC)C(=O)NC(CCC(N)=O)C(=O)O. The lowest BCUT2D eigenvalue weighted by Gasteiger charge is -2.26. The Kier molecular flexibility index (Phi) is 11.7. The molecule has 0 rings (SSSR count). The summed E-state index contributed by atoms with van der Waals surface area (Å²) in [6, 6.07) is -2.92. The summed E-state index contributed by atoms with van der Waals surface area (Å²) in [7, 11) is 0. The Morgan fingerprint density at radius 1 is 1.12 bits per heavy atom. The van der Waals surface area contributed by atoms with Crippen molar-refractivity contribution in [1.82, 2.24) is 10.6 Å². The highest BCUT2D eigenvalue weighted by molar-refractivity contribution is 7.98. The highest BCUT2D eigenvalue weighted by Gasteiger charge is 2.30. The van der Waals surface area contributed by atoms with Gasteiger partial charge in [-0.3, -0.25) is 14.4 Å². The third-order valence-corrected chi connectivity index (χ3v) is 4.70. The van der Waals surface area contributed by atoms with Gasteiger partial charge in [-0.2, -0.15) is 11.8 Å². The quantitative estimate of drug-likeness (QED) is 0.281. The fraction of sp³-hybridized carbons (Fsp3) is 0.750. The summed E-state index contributed by atoms with van der Waals surface area (Å²) in [5.74, 6) is -2.52. The number of hydrogen-bond donors (Lipinski definition) is 5. The number of carbonyl (C=O) groups is 4. The molecule has 0 saturated heterocycles. The summed E-state index contributed by atoms with van der Waals surface area (Å²) in [4.78, 5) is 46.9. The van der Waals surface area contributed by atoms with Crippen molar-refractivity contribution >= 4 is 35.5 Å². The van der Waals surface area contributed by atoms with Crippen LogP contribution in [0, 0.1) is 5.92 Å². The van der Waals surface area contributed by atoms with E-state index in [0.29, 0.717) is 18.6 Å². The van der Waals surface area contributed by atoms with Crippen LogP contribution in [0.2, 0.25) is 0 Å². The van der Waals surface area contributed by atoms with Crippen molar-refractivity contribution < 1.29 is 24.3 Å². The summed E-state index contributed by atoms with van der Waals surface area (Å²) >= 11 is 1.56. The Bertz CT molecular complexity index is 503. The van der Waals surface area contributed by atoms with Crippen LogP contribution in [0.5, 0.6) is 0 Å². The highest BCUT2D eigenvalue weighted by atomic mass is 32.2. The van der Waals surface area contributed by atoms with Crippen LogP contribution in [0.15, 0.2) is 0 Å². The minimum atomic E-state index is -1.27. The zero-order valence-corrected chi connectivity index (χ0v) is 16.3. The smallest absolute Gasteiger partial charge is 0.326 e. The Labute approximate surface area is 158 Å². The standard InChI is InChI=1S/C16H30N4O5S/c1-4-9(2)13(20-14(22)10(17)7-8-26-3)15(23)19-11(16(24)25)5-6-12(18)21/h9-11,13H,4-8,17H2,1-3H3,(H2,18,21)(H,19,23)(H,20,22)(H,24,25). The van der Waals surface area contributed by atoms with Gasteiger partial charge in [0.2, 0.25) is 17.7 Å². The number of nitrogens with two attached hydrogens (primary N) is 2. The third kappa shape index (κ3) is 9.04. The van der Waals surface area contributed by atoms with E-state index >= 15 is 0 Å². The molecule has 0 aliphatic heterocycles. The van der Waals surface area contributed by atoms with Gasteiger partial charge >= 0.3 is 5.97 Å². The molecule has 4 atom stereocenters. The molecule has 0 saturated carbocycles. The average Bonchev–Trinajstić information content (AvgIpc) is 2.59. The van der Waals surface area contributed by atoms with Gasteiger partial charge in [0.1, 0.15) is 12.1 Å². The lowest BCUT2D eigenvalue weighted by molar-refractivity contribution is -0.142. The van der Waals surface area contributed by atoms with Crippen molar-refractivity contribution in [2.75, 3.05) is 12.0 Å². The van der Waals surface area contributed by atoms with Gasteiger partial charge in [0.05, 0.1) is 6.04 Å². The van der Waals surface area contributed by atoms with Gasteiger partial charge in [-0.15, -0.1) is 0 Å². The second kappa shape index (κ2) is 12.5. The van der Waals surface area contributed by atoms with E-state index in [2.05, 4.69) is 10.6 Å². The van der Waals surface area contributed by atoms with E-state index < -0.39 is 41.8 Å². The van der Waals surface area contributed by atoms with Crippen LogP contribution in [0.1, 0.15) is 39.5 Å². The largest absolute Gasteiger partial charge is 0.480 e. The summed E-state index contributed by atoms with van der Waals surface area (Å²) < 4.78 is 0. The van der Waals surface area contributed by atoms with Crippen molar-refractivity contribution in [3.05, 3.63) is 0 Å². The zero-order chi connectivity index (χ0) is 20.3. The number of rotatable bonds is 13. The van der Waals surface area contributed by atoms with Crippen LogP contribution < -0.4 is 22.1 Å². The number of thioether (sulfide) groups is 1. The van der Waals surface area contributed by atoms with E-state index in [4.69, 9.17) is 11.5 Å². The maximum atomic E-state index is 12.5. The summed E-state index contributed by atoms with van der Waals surface area (Å²) in [6.45, 7) is 3.63. The molecule has 4 unspecified atom stereocenters. The number of amides is 3. The van der Waals surface area contributed by atoms with Crippen LogP contribution in [-0.2, 0) is 19.2 Å². The van der Waals surface area contributed by atoms with Crippen LogP contribution >= 0.6 is 11.8 Å². The number of carbonyl (C=O) groups excluding carboxylic acids is 3. The van der Waals surface area contributed by atoms with Gasteiger partial charge in [0.15, 0.2) is 0 Å². The Morgan fingerprint density at radius 3 is 2.19 bits per heavy atom. The van der Waals surface area contributed by atoms with E-state index in [1.807, 2.05) is 13.2 Å². The Balaban J connectivity index is 5.03. The molecule has 9 nitrogen and oxygen atoms in total. The van der Waals surface area contributed by atoms with Gasteiger partial charge in [0, 0.05) is 6.42 Å². The average molecular weight is 391 g/mol. The first-order valence-electron chi connectivity index (χ1n) is 8.50. The number of primary amides is 1. The molecule has 10 heteroatoms. The molecule has 0 aromatic carbocycles. The molecule has 26 heavy (non-hydrogen) atoms. The number of aliphatic carboxylic acids is 1. The number of nitrogens with one attached hydrogen (secondary N) is 2. The van der Waals surface area contributed by atoms with E-state index in [1.165, 1.54) is 0 Å². The molecule has 0 fully saturated rings. The van der Waals surface area contributed by atoms with E-state index in [0.717, 1.165) is 0 Å². The normalized spacial score (nSPS) is 15.4. The molecule has 0 aliphatic carbocycles. The zero-order valence-electron chi connectivity index (χ0n) is 15.5. The number of hydrogen-bond acceptors (Lipinski definition) is 6. The maximum absolute atomic E-state index is 12.5. The Hall–Kier alpha value is -1.81. The first kappa shape index (κ1) is 24.2. The lowest BCUT2D eigenvalue weighted by Crippen LogP contribution is -2.56. The maximum Gasteiger partial charge on any atom is 0.326 e. The highest BCUT2D eigenvalue weighted by Crippen LogP contribution is 2.10. The molecule has 0 aromatic heterocycles. The van der Waals surface area contributed by atoms with Gasteiger partial charge in [-0.25, -0.2) is 4.79 Å². The summed E-state index contributed by atoms with van der Waals surface area (Å²) in [5.41, 5.74) is 10.8. The number of carboxylic acid groups (broad SMARTS) is 1. The van der Waals surface area contributed by atoms with Crippen molar-refractivity contribution in [1.29, 1.82) is 0 Å². The molecule has 0 spiro atoms. The van der Waals surface area contributed by atoms with Crippen molar-refractivity contribution in [3.63, 3.8) is 0 Å². The molecule has 150 valence electrons. The Morgan fingerprint density at radius 2 is 1.73 bits per heavy atom. The van der Waals surface area contributed by atoms with Crippen molar-refractivity contribution in [2.45, 2.75) is 57.7 Å². The number of carboxylic acids is 1. The van der Waals surface area contributed by atoms with Crippen molar-refractivity contribution in [3.8, 4) is 0 Å². The first-order chi connectivity index (χ1) is 12.1. The molecular formula is C16H30N4O5S. The summed E-state index contributed by atoms with van der Waals surface area (Å²) in [5, 5.41) is 14.2. The molecule has 3 amide bonds. The van der Waals surface area contributed by atoms with Crippen LogP contribution in [-0.4, -0.2) is 58.9 Å². The fourth-order valence-electron chi connectivity index (χ4n) is 2.14.